The number of thiol groups is 1. The van der Waals surface area contributed by atoms with E-state index in [0.29, 0.717) is 24.2 Å². The lowest BCUT2D eigenvalue weighted by molar-refractivity contribution is -0.166. The molecular weight excluding hydrogens is 348 g/mol. The SMILES string of the molecule is CC(C)CC(C)(C(=O)OC1CCCCC1)C(C)C.COCC(CS)OC. The molecule has 0 saturated heterocycles. The van der Waals surface area contributed by atoms with Crippen molar-refractivity contribution in [3.05, 3.63) is 0 Å². The van der Waals surface area contributed by atoms with E-state index >= 15 is 0 Å². The van der Waals surface area contributed by atoms with Gasteiger partial charge in [0.2, 0.25) is 0 Å². The third-order valence-electron chi connectivity index (χ3n) is 5.29. The molecule has 0 aromatic heterocycles. The third-order valence-corrected chi connectivity index (χ3v) is 5.70. The van der Waals surface area contributed by atoms with Crippen LogP contribution in [0, 0.1) is 17.3 Å². The highest BCUT2D eigenvalue weighted by Crippen LogP contribution is 2.36. The molecule has 1 saturated carbocycles. The van der Waals surface area contributed by atoms with Crippen LogP contribution >= 0.6 is 12.6 Å². The first-order valence-corrected chi connectivity index (χ1v) is 10.7. The van der Waals surface area contributed by atoms with Crippen LogP contribution in [0.4, 0.5) is 0 Å². The largest absolute Gasteiger partial charge is 0.462 e. The van der Waals surface area contributed by atoms with Crippen molar-refractivity contribution < 1.29 is 19.0 Å². The van der Waals surface area contributed by atoms with Gasteiger partial charge in [-0.25, -0.2) is 0 Å². The van der Waals surface area contributed by atoms with Crippen LogP contribution in [0.1, 0.15) is 73.1 Å². The summed E-state index contributed by atoms with van der Waals surface area (Å²) in [4.78, 5) is 12.5. The molecule has 0 N–H and O–H groups in total. The van der Waals surface area contributed by atoms with Crippen LogP contribution < -0.4 is 0 Å². The lowest BCUT2D eigenvalue weighted by atomic mass is 9.73. The van der Waals surface area contributed by atoms with Gasteiger partial charge in [-0.3, -0.25) is 4.79 Å². The fourth-order valence-electron chi connectivity index (χ4n) is 3.25. The second-order valence-corrected chi connectivity index (χ2v) is 8.70. The highest BCUT2D eigenvalue weighted by molar-refractivity contribution is 7.80. The van der Waals surface area contributed by atoms with Crippen LogP contribution in [0.3, 0.4) is 0 Å². The molecule has 0 aromatic carbocycles. The zero-order valence-corrected chi connectivity index (χ0v) is 18.9. The van der Waals surface area contributed by atoms with E-state index in [2.05, 4.69) is 47.2 Å². The van der Waals surface area contributed by atoms with Gasteiger partial charge in [-0.05, 0) is 50.9 Å². The molecule has 0 bridgehead atoms. The van der Waals surface area contributed by atoms with E-state index in [1.54, 1.807) is 14.2 Å². The summed E-state index contributed by atoms with van der Waals surface area (Å²) in [5.41, 5.74) is -0.328. The van der Waals surface area contributed by atoms with Crippen molar-refractivity contribution in [2.24, 2.45) is 17.3 Å². The Morgan fingerprint density at radius 1 is 1.12 bits per heavy atom. The molecule has 0 radical (unpaired) electrons. The Bertz CT molecular complexity index is 363. The van der Waals surface area contributed by atoms with Crippen molar-refractivity contribution in [3.63, 3.8) is 0 Å². The monoisotopic (exact) mass is 390 g/mol. The molecule has 26 heavy (non-hydrogen) atoms. The normalized spacial score (nSPS) is 18.8. The van der Waals surface area contributed by atoms with E-state index in [0.717, 1.165) is 19.3 Å². The summed E-state index contributed by atoms with van der Waals surface area (Å²) in [5, 5.41) is 0. The van der Waals surface area contributed by atoms with E-state index in [1.807, 2.05) is 0 Å². The summed E-state index contributed by atoms with van der Waals surface area (Å²) < 4.78 is 15.5. The van der Waals surface area contributed by atoms with Crippen LogP contribution in [0.25, 0.3) is 0 Å². The molecule has 156 valence electrons. The Balaban J connectivity index is 0.000000660. The first-order valence-electron chi connectivity index (χ1n) is 10.0. The van der Waals surface area contributed by atoms with Gasteiger partial charge in [0.15, 0.2) is 0 Å². The highest BCUT2D eigenvalue weighted by atomic mass is 32.1. The molecule has 0 amide bonds. The summed E-state index contributed by atoms with van der Waals surface area (Å²) in [5.74, 6) is 1.59. The fraction of sp³-hybridized carbons (Fsp3) is 0.952. The van der Waals surface area contributed by atoms with Crippen LogP contribution in [0.5, 0.6) is 0 Å². The van der Waals surface area contributed by atoms with Gasteiger partial charge in [-0.1, -0.05) is 34.1 Å². The van der Waals surface area contributed by atoms with E-state index < -0.39 is 0 Å². The van der Waals surface area contributed by atoms with Crippen molar-refractivity contribution in [3.8, 4) is 0 Å². The average molecular weight is 391 g/mol. The van der Waals surface area contributed by atoms with Crippen molar-refractivity contribution >= 4 is 18.6 Å². The standard InChI is InChI=1S/C16H30O2.C5H12O2S/c1-12(2)11-16(5,13(3)4)15(17)18-14-9-7-6-8-10-14;1-6-3-5(4-8)7-2/h12-14H,6-11H2,1-5H3;5,8H,3-4H2,1-2H3. The van der Waals surface area contributed by atoms with E-state index in [1.165, 1.54) is 19.3 Å². The maximum absolute atomic E-state index is 12.5. The number of hydrogen-bond acceptors (Lipinski definition) is 5. The number of ether oxygens (including phenoxy) is 3. The smallest absolute Gasteiger partial charge is 0.312 e. The van der Waals surface area contributed by atoms with Crippen LogP contribution in [-0.4, -0.2) is 44.8 Å². The molecule has 1 fully saturated rings. The first-order chi connectivity index (χ1) is 12.2. The number of esters is 1. The van der Waals surface area contributed by atoms with Gasteiger partial charge in [0.25, 0.3) is 0 Å². The zero-order chi connectivity index (χ0) is 20.2. The number of carbonyl (C=O) groups excluding carboxylic acids is 1. The Hall–Kier alpha value is -0.260. The number of hydrogen-bond donors (Lipinski definition) is 1. The number of methoxy groups -OCH3 is 2. The molecule has 0 heterocycles. The fourth-order valence-corrected chi connectivity index (χ4v) is 3.51. The second kappa shape index (κ2) is 13.8. The van der Waals surface area contributed by atoms with Gasteiger partial charge in [0.1, 0.15) is 6.10 Å². The molecule has 0 spiro atoms. The van der Waals surface area contributed by atoms with Crippen molar-refractivity contribution in [1.82, 2.24) is 0 Å². The minimum Gasteiger partial charge on any atom is -0.462 e. The Kier molecular flexibility index (Phi) is 13.7. The third kappa shape index (κ3) is 9.61. The minimum atomic E-state index is -0.328. The predicted octanol–water partition coefficient (Wildman–Crippen LogP) is 5.15. The maximum atomic E-state index is 12.5. The summed E-state index contributed by atoms with van der Waals surface area (Å²) in [7, 11) is 3.30. The number of rotatable bonds is 9. The molecule has 1 aliphatic carbocycles. The predicted molar refractivity (Wildman–Crippen MR) is 112 cm³/mol. The van der Waals surface area contributed by atoms with Crippen LogP contribution in [0.15, 0.2) is 0 Å². The van der Waals surface area contributed by atoms with Crippen molar-refractivity contribution in [1.29, 1.82) is 0 Å². The summed E-state index contributed by atoms with van der Waals surface area (Å²) in [6, 6.07) is 0. The van der Waals surface area contributed by atoms with Gasteiger partial charge < -0.3 is 14.2 Å². The van der Waals surface area contributed by atoms with Crippen molar-refractivity contribution in [2.75, 3.05) is 26.6 Å². The van der Waals surface area contributed by atoms with Crippen LogP contribution in [0.2, 0.25) is 0 Å². The summed E-state index contributed by atoms with van der Waals surface area (Å²) in [6.07, 6.45) is 7.06. The van der Waals surface area contributed by atoms with E-state index in [4.69, 9.17) is 14.2 Å². The van der Waals surface area contributed by atoms with E-state index in [-0.39, 0.29) is 23.6 Å². The van der Waals surface area contributed by atoms with Gasteiger partial charge in [0.05, 0.1) is 18.1 Å². The van der Waals surface area contributed by atoms with Gasteiger partial charge >= 0.3 is 5.97 Å². The molecule has 2 unspecified atom stereocenters. The lowest BCUT2D eigenvalue weighted by Gasteiger charge is -2.35. The topological polar surface area (TPSA) is 44.8 Å². The molecule has 1 rings (SSSR count). The second-order valence-electron chi connectivity index (χ2n) is 8.33. The van der Waals surface area contributed by atoms with E-state index in [9.17, 15) is 4.79 Å². The van der Waals surface area contributed by atoms with Crippen LogP contribution in [-0.2, 0) is 19.0 Å². The van der Waals surface area contributed by atoms with Gasteiger partial charge in [-0.2, -0.15) is 12.6 Å². The molecule has 1 aliphatic rings. The minimum absolute atomic E-state index is 0.0260. The van der Waals surface area contributed by atoms with Gasteiger partial charge in [-0.15, -0.1) is 0 Å². The molecule has 5 heteroatoms. The molecule has 2 atom stereocenters. The number of carbonyl (C=O) groups is 1. The lowest BCUT2D eigenvalue weighted by Crippen LogP contribution is -2.38. The maximum Gasteiger partial charge on any atom is 0.312 e. The average Bonchev–Trinajstić information content (AvgIpc) is 2.60. The molecular formula is C21H42O4S. The zero-order valence-electron chi connectivity index (χ0n) is 18.0. The Morgan fingerprint density at radius 3 is 2.04 bits per heavy atom. The highest BCUT2D eigenvalue weighted by Gasteiger charge is 2.39. The molecule has 0 aliphatic heterocycles. The van der Waals surface area contributed by atoms with Gasteiger partial charge in [0, 0.05) is 20.0 Å². The molecule has 4 nitrogen and oxygen atoms in total. The Morgan fingerprint density at radius 2 is 1.69 bits per heavy atom. The summed E-state index contributed by atoms with van der Waals surface area (Å²) >= 11 is 4.02. The molecule has 0 aromatic rings. The Labute approximate surface area is 167 Å². The summed E-state index contributed by atoms with van der Waals surface area (Å²) in [6.45, 7) is 11.3. The first kappa shape index (κ1) is 25.7. The van der Waals surface area contributed by atoms with Crippen molar-refractivity contribution in [2.45, 2.75) is 85.4 Å². The quantitative estimate of drug-likeness (QED) is 0.437.